The summed E-state index contributed by atoms with van der Waals surface area (Å²) in [6, 6.07) is 77.6. The molecule has 0 amide bonds. The Morgan fingerprint density at radius 3 is 1.49 bits per heavy atom. The quantitative estimate of drug-likeness (QED) is 0.180. The monoisotopic (exact) mass is 725 g/mol. The minimum absolute atomic E-state index is 0.530. The van der Waals surface area contributed by atoms with Crippen LogP contribution in [0.3, 0.4) is 0 Å². The summed E-state index contributed by atoms with van der Waals surface area (Å²) in [6.45, 7) is 0. The fraction of sp³-hybridized carbons (Fsp3) is 0.0182. The van der Waals surface area contributed by atoms with Gasteiger partial charge in [0.15, 0.2) is 5.58 Å². The number of para-hydroxylation sites is 2. The van der Waals surface area contributed by atoms with Gasteiger partial charge in [0.25, 0.3) is 0 Å². The lowest BCUT2D eigenvalue weighted by Gasteiger charge is -2.35. The number of furan rings is 1. The van der Waals surface area contributed by atoms with Crippen LogP contribution in [0.4, 0.5) is 17.1 Å². The highest BCUT2D eigenvalue weighted by atomic mass is 16.3. The number of benzene rings is 9. The van der Waals surface area contributed by atoms with Crippen LogP contribution in [0.2, 0.25) is 0 Å². The zero-order valence-corrected chi connectivity index (χ0v) is 31.1. The Morgan fingerprint density at radius 2 is 0.825 bits per heavy atom. The van der Waals surface area contributed by atoms with E-state index in [2.05, 4.69) is 211 Å². The average Bonchev–Trinajstić information content (AvgIpc) is 3.78. The number of rotatable bonds is 4. The summed E-state index contributed by atoms with van der Waals surface area (Å²) in [7, 11) is 0. The van der Waals surface area contributed by atoms with Crippen LogP contribution in [0.5, 0.6) is 0 Å². The van der Waals surface area contributed by atoms with Crippen molar-refractivity contribution in [1.29, 1.82) is 0 Å². The number of nitrogens with zero attached hydrogens (tertiary/aromatic N) is 1. The number of hydrogen-bond acceptors (Lipinski definition) is 2. The van der Waals surface area contributed by atoms with E-state index in [1.54, 1.807) is 0 Å². The summed E-state index contributed by atoms with van der Waals surface area (Å²) < 4.78 is 6.72. The second-order valence-electron chi connectivity index (χ2n) is 15.2. The minimum Gasteiger partial charge on any atom is -0.454 e. The third-order valence-corrected chi connectivity index (χ3v) is 12.3. The molecule has 0 fully saturated rings. The van der Waals surface area contributed by atoms with Crippen molar-refractivity contribution in [1.82, 2.24) is 0 Å². The molecule has 0 N–H and O–H groups in total. The molecule has 0 radical (unpaired) electrons. The molecular weight excluding hydrogens is 691 g/mol. The van der Waals surface area contributed by atoms with E-state index in [1.165, 1.54) is 66.8 Å². The SMILES string of the molecule is c1ccc(-c2ccc(N(c3ccc4c(c3)-c3ccccc3C43c4ccccc4-c4ccccc4-c4ccccc43)c3cccc4c3oc3ccccc34)cc2)cc1. The molecule has 57 heavy (non-hydrogen) atoms. The first-order valence-electron chi connectivity index (χ1n) is 19.7. The van der Waals surface area contributed by atoms with E-state index in [9.17, 15) is 0 Å². The van der Waals surface area contributed by atoms with E-state index in [-0.39, 0.29) is 0 Å². The van der Waals surface area contributed by atoms with Gasteiger partial charge in [0, 0.05) is 22.1 Å². The van der Waals surface area contributed by atoms with Gasteiger partial charge in [-0.05, 0) is 103 Å². The van der Waals surface area contributed by atoms with Crippen LogP contribution in [0.1, 0.15) is 22.3 Å². The van der Waals surface area contributed by atoms with Gasteiger partial charge in [-0.3, -0.25) is 0 Å². The smallest absolute Gasteiger partial charge is 0.159 e. The Balaban J connectivity index is 1.13. The number of hydrogen-bond donors (Lipinski definition) is 0. The summed E-state index contributed by atoms with van der Waals surface area (Å²) in [6.07, 6.45) is 0. The Morgan fingerprint density at radius 1 is 0.333 bits per heavy atom. The highest BCUT2D eigenvalue weighted by molar-refractivity contribution is 6.10. The molecule has 2 nitrogen and oxygen atoms in total. The van der Waals surface area contributed by atoms with Gasteiger partial charge >= 0.3 is 0 Å². The second-order valence-corrected chi connectivity index (χ2v) is 15.2. The lowest BCUT2D eigenvalue weighted by atomic mass is 9.66. The summed E-state index contributed by atoms with van der Waals surface area (Å²) in [4.78, 5) is 2.37. The molecule has 9 aromatic carbocycles. The maximum atomic E-state index is 6.72. The van der Waals surface area contributed by atoms with Crippen molar-refractivity contribution in [2.24, 2.45) is 0 Å². The molecule has 266 valence electrons. The third-order valence-electron chi connectivity index (χ3n) is 12.3. The van der Waals surface area contributed by atoms with Crippen molar-refractivity contribution in [3.63, 3.8) is 0 Å². The first kappa shape index (κ1) is 31.9. The van der Waals surface area contributed by atoms with Gasteiger partial charge in [-0.15, -0.1) is 0 Å². The molecule has 0 atom stereocenters. The molecule has 1 spiro atoms. The van der Waals surface area contributed by atoms with Crippen LogP contribution in [-0.4, -0.2) is 0 Å². The molecule has 0 saturated carbocycles. The Labute approximate surface area is 331 Å². The molecule has 0 bridgehead atoms. The zero-order chi connectivity index (χ0) is 37.5. The van der Waals surface area contributed by atoms with Gasteiger partial charge < -0.3 is 9.32 Å². The van der Waals surface area contributed by atoms with Crippen LogP contribution >= 0.6 is 0 Å². The predicted octanol–water partition coefficient (Wildman–Crippen LogP) is 14.7. The van der Waals surface area contributed by atoms with Crippen molar-refractivity contribution < 1.29 is 4.42 Å². The highest BCUT2D eigenvalue weighted by Gasteiger charge is 2.49. The number of anilines is 3. The third kappa shape index (κ3) is 4.53. The Bertz CT molecular complexity index is 3120. The largest absolute Gasteiger partial charge is 0.454 e. The lowest BCUT2D eigenvalue weighted by Crippen LogP contribution is -2.29. The van der Waals surface area contributed by atoms with Crippen LogP contribution < -0.4 is 4.90 Å². The van der Waals surface area contributed by atoms with Gasteiger partial charge in [-0.2, -0.15) is 0 Å². The maximum absolute atomic E-state index is 6.72. The van der Waals surface area contributed by atoms with Gasteiger partial charge in [0.05, 0.1) is 11.1 Å². The molecule has 2 aliphatic rings. The van der Waals surface area contributed by atoms with Crippen LogP contribution in [0.25, 0.3) is 66.4 Å². The zero-order valence-electron chi connectivity index (χ0n) is 31.1. The lowest BCUT2D eigenvalue weighted by molar-refractivity contribution is 0.669. The maximum Gasteiger partial charge on any atom is 0.159 e. The molecule has 2 aliphatic carbocycles. The van der Waals surface area contributed by atoms with Gasteiger partial charge in [-0.1, -0.05) is 176 Å². The molecule has 12 rings (SSSR count). The van der Waals surface area contributed by atoms with Crippen molar-refractivity contribution in [2.45, 2.75) is 5.41 Å². The molecule has 2 heteroatoms. The molecule has 0 aliphatic heterocycles. The molecule has 0 unspecified atom stereocenters. The van der Waals surface area contributed by atoms with Crippen molar-refractivity contribution in [2.75, 3.05) is 4.90 Å². The summed E-state index contributed by atoms with van der Waals surface area (Å²) in [5.41, 5.74) is 19.5. The normalized spacial score (nSPS) is 13.1. The second kappa shape index (κ2) is 12.3. The molecule has 0 saturated heterocycles. The van der Waals surface area contributed by atoms with E-state index < -0.39 is 5.41 Å². The van der Waals surface area contributed by atoms with Crippen LogP contribution in [0.15, 0.2) is 217 Å². The Hall–Kier alpha value is -7.42. The Kier molecular flexibility index (Phi) is 6.88. The topological polar surface area (TPSA) is 16.4 Å². The highest BCUT2D eigenvalue weighted by Crippen LogP contribution is 2.62. The fourth-order valence-corrected chi connectivity index (χ4v) is 9.95. The average molecular weight is 726 g/mol. The van der Waals surface area contributed by atoms with Crippen molar-refractivity contribution >= 4 is 39.0 Å². The molecule has 10 aromatic rings. The summed E-state index contributed by atoms with van der Waals surface area (Å²) in [5, 5.41) is 2.22. The van der Waals surface area contributed by atoms with Gasteiger partial charge in [0.2, 0.25) is 0 Å². The fourth-order valence-electron chi connectivity index (χ4n) is 9.95. The van der Waals surface area contributed by atoms with Crippen LogP contribution in [0, 0.1) is 0 Å². The van der Waals surface area contributed by atoms with E-state index in [1.807, 2.05) is 6.07 Å². The standard InChI is InChI=1S/C55H35NO/c1-2-15-36(16-3-1)37-29-31-38(32-30-37)56(52-27-14-23-46-45-22-9-13-28-53(45)57-54(46)52)39-33-34-51-47(35-39)44-21-8-12-26-50(44)55(51)48-24-10-6-19-42(48)40-17-4-5-18-41(40)43-20-7-11-25-49(43)55/h1-35H. The minimum atomic E-state index is -0.530. The molecular formula is C55H35NO. The predicted molar refractivity (Wildman–Crippen MR) is 236 cm³/mol. The van der Waals surface area contributed by atoms with E-state index in [0.717, 1.165) is 39.0 Å². The first-order valence-corrected chi connectivity index (χ1v) is 19.7. The van der Waals surface area contributed by atoms with Gasteiger partial charge in [0.1, 0.15) is 5.58 Å². The summed E-state index contributed by atoms with van der Waals surface area (Å²) in [5.74, 6) is 0. The van der Waals surface area contributed by atoms with Gasteiger partial charge in [-0.25, -0.2) is 0 Å². The van der Waals surface area contributed by atoms with E-state index >= 15 is 0 Å². The van der Waals surface area contributed by atoms with E-state index in [0.29, 0.717) is 0 Å². The van der Waals surface area contributed by atoms with Crippen molar-refractivity contribution in [3.8, 4) is 44.5 Å². The van der Waals surface area contributed by atoms with E-state index in [4.69, 9.17) is 4.42 Å². The van der Waals surface area contributed by atoms with Crippen molar-refractivity contribution in [3.05, 3.63) is 235 Å². The van der Waals surface area contributed by atoms with Crippen LogP contribution in [-0.2, 0) is 5.41 Å². The first-order chi connectivity index (χ1) is 28.3. The molecule has 1 heterocycles. The number of fused-ring (bicyclic) bond motifs is 15. The molecule has 1 aromatic heterocycles. The summed E-state index contributed by atoms with van der Waals surface area (Å²) >= 11 is 0.